The maximum atomic E-state index is 11.3. The largest absolute Gasteiger partial charge is 0.451 e. The smallest absolute Gasteiger partial charge is 0.336 e. The third-order valence-corrected chi connectivity index (χ3v) is 3.17. The van der Waals surface area contributed by atoms with Crippen molar-refractivity contribution in [2.24, 2.45) is 0 Å². The van der Waals surface area contributed by atoms with Gasteiger partial charge in [0.05, 0.1) is 0 Å². The van der Waals surface area contributed by atoms with E-state index in [0.717, 1.165) is 0 Å². The molecule has 0 bridgehead atoms. The predicted octanol–water partition coefficient (Wildman–Crippen LogP) is 2.10. The van der Waals surface area contributed by atoms with Crippen molar-refractivity contribution in [3.8, 4) is 11.5 Å². The van der Waals surface area contributed by atoms with Crippen molar-refractivity contribution >= 4 is 11.9 Å². The van der Waals surface area contributed by atoms with Gasteiger partial charge in [0.2, 0.25) is 0 Å². The van der Waals surface area contributed by atoms with E-state index in [2.05, 4.69) is 0 Å². The van der Waals surface area contributed by atoms with Crippen LogP contribution in [-0.4, -0.2) is 24.5 Å². The number of cyclic esters (lactones) is 2. The van der Waals surface area contributed by atoms with Crippen molar-refractivity contribution in [1.29, 1.82) is 0 Å². The molecule has 2 unspecified atom stereocenters. The number of esters is 2. The van der Waals surface area contributed by atoms with E-state index in [0.29, 0.717) is 22.6 Å². The van der Waals surface area contributed by atoms with E-state index in [9.17, 15) is 9.59 Å². The third kappa shape index (κ3) is 2.95. The van der Waals surface area contributed by atoms with Crippen LogP contribution < -0.4 is 9.47 Å². The highest BCUT2D eigenvalue weighted by Gasteiger charge is 2.25. The van der Waals surface area contributed by atoms with Gasteiger partial charge in [-0.1, -0.05) is 6.07 Å². The molecular weight excluding hydrogens is 288 g/mol. The van der Waals surface area contributed by atoms with Gasteiger partial charge in [-0.2, -0.15) is 0 Å². The molecule has 0 radical (unpaired) electrons. The fraction of sp³-hybridized carbons (Fsp3) is 0.250. The summed E-state index contributed by atoms with van der Waals surface area (Å²) in [6, 6.07) is 6.78. The minimum atomic E-state index is -0.741. The number of hydrogen-bond acceptors (Lipinski definition) is 6. The van der Waals surface area contributed by atoms with Crippen molar-refractivity contribution in [2.45, 2.75) is 26.4 Å². The quantitative estimate of drug-likeness (QED) is 0.793. The molecule has 0 saturated heterocycles. The van der Waals surface area contributed by atoms with E-state index < -0.39 is 24.5 Å². The number of rotatable bonds is 4. The van der Waals surface area contributed by atoms with Crippen molar-refractivity contribution in [1.82, 2.24) is 0 Å². The summed E-state index contributed by atoms with van der Waals surface area (Å²) >= 11 is 0. The van der Waals surface area contributed by atoms with Crippen LogP contribution in [0.2, 0.25) is 0 Å². The van der Waals surface area contributed by atoms with Gasteiger partial charge in [0.15, 0.2) is 0 Å². The van der Waals surface area contributed by atoms with Gasteiger partial charge in [-0.05, 0) is 26.0 Å². The molecule has 6 nitrogen and oxygen atoms in total. The molecule has 1 aromatic rings. The maximum Gasteiger partial charge on any atom is 0.336 e. The normalized spacial score (nSPS) is 23.5. The molecule has 0 amide bonds. The van der Waals surface area contributed by atoms with Crippen LogP contribution in [0.3, 0.4) is 0 Å². The second kappa shape index (κ2) is 5.55. The lowest BCUT2D eigenvalue weighted by molar-refractivity contribution is -0.149. The molecule has 22 heavy (non-hydrogen) atoms. The Morgan fingerprint density at radius 1 is 0.864 bits per heavy atom. The fourth-order valence-electron chi connectivity index (χ4n) is 2.01. The minimum Gasteiger partial charge on any atom is -0.451 e. The van der Waals surface area contributed by atoms with Crippen LogP contribution in [0, 0.1) is 0 Å². The average Bonchev–Trinajstić information content (AvgIpc) is 2.93. The lowest BCUT2D eigenvalue weighted by Gasteiger charge is -2.14. The predicted molar refractivity (Wildman–Crippen MR) is 75.0 cm³/mol. The highest BCUT2D eigenvalue weighted by molar-refractivity contribution is 5.90. The molecule has 0 aromatic heterocycles. The Morgan fingerprint density at radius 3 is 1.68 bits per heavy atom. The Kier molecular flexibility index (Phi) is 3.58. The Balaban J connectivity index is 1.66. The van der Waals surface area contributed by atoms with Crippen LogP contribution in [0.4, 0.5) is 0 Å². The Bertz CT molecular complexity index is 632. The summed E-state index contributed by atoms with van der Waals surface area (Å²) in [5.74, 6) is 0.171. The summed E-state index contributed by atoms with van der Waals surface area (Å²) in [6.45, 7) is 3.32. The molecule has 1 aromatic carbocycles. The van der Waals surface area contributed by atoms with Gasteiger partial charge >= 0.3 is 11.9 Å². The van der Waals surface area contributed by atoms with Crippen LogP contribution in [-0.2, 0) is 19.1 Å². The highest BCUT2D eigenvalue weighted by Crippen LogP contribution is 2.25. The summed E-state index contributed by atoms with van der Waals surface area (Å²) in [7, 11) is 0. The first-order chi connectivity index (χ1) is 10.5. The zero-order chi connectivity index (χ0) is 15.7. The van der Waals surface area contributed by atoms with Gasteiger partial charge in [-0.25, -0.2) is 9.59 Å². The molecule has 0 spiro atoms. The van der Waals surface area contributed by atoms with E-state index >= 15 is 0 Å². The molecular formula is C16H14O6. The van der Waals surface area contributed by atoms with Gasteiger partial charge in [0, 0.05) is 29.4 Å². The number of benzene rings is 1. The Morgan fingerprint density at radius 2 is 1.32 bits per heavy atom. The van der Waals surface area contributed by atoms with E-state index in [1.165, 1.54) is 0 Å². The summed E-state index contributed by atoms with van der Waals surface area (Å²) in [6.07, 6.45) is 1.71. The first kappa shape index (κ1) is 14.2. The molecule has 0 N–H and O–H groups in total. The molecule has 6 heteroatoms. The molecule has 0 fully saturated rings. The summed E-state index contributed by atoms with van der Waals surface area (Å²) in [5.41, 5.74) is 1.02. The second-order valence-corrected chi connectivity index (χ2v) is 4.96. The summed E-state index contributed by atoms with van der Waals surface area (Å²) in [5, 5.41) is 0. The van der Waals surface area contributed by atoms with Crippen LogP contribution in [0.25, 0.3) is 0 Å². The molecule has 2 heterocycles. The van der Waals surface area contributed by atoms with Crippen LogP contribution in [0.1, 0.15) is 13.8 Å². The minimum absolute atomic E-state index is 0.393. The maximum absolute atomic E-state index is 11.3. The first-order valence-electron chi connectivity index (χ1n) is 6.73. The monoisotopic (exact) mass is 302 g/mol. The fourth-order valence-corrected chi connectivity index (χ4v) is 2.01. The lowest BCUT2D eigenvalue weighted by atomic mass is 10.3. The van der Waals surface area contributed by atoms with E-state index in [1.807, 2.05) is 0 Å². The average molecular weight is 302 g/mol. The SMILES string of the molecule is CC1=CC(Oc2cccc(OC3C=C(C)C(=O)O3)c2)OC1=O. The Labute approximate surface area is 126 Å². The van der Waals surface area contributed by atoms with Gasteiger partial charge in [-0.3, -0.25) is 0 Å². The second-order valence-electron chi connectivity index (χ2n) is 4.96. The van der Waals surface area contributed by atoms with Gasteiger partial charge in [-0.15, -0.1) is 0 Å². The zero-order valence-corrected chi connectivity index (χ0v) is 12.1. The van der Waals surface area contributed by atoms with Gasteiger partial charge in [0.25, 0.3) is 12.6 Å². The Hall–Kier alpha value is -2.76. The lowest BCUT2D eigenvalue weighted by Crippen LogP contribution is -2.17. The van der Waals surface area contributed by atoms with E-state index in [-0.39, 0.29) is 0 Å². The molecule has 2 aliphatic rings. The molecule has 2 aliphatic heterocycles. The van der Waals surface area contributed by atoms with E-state index in [4.69, 9.17) is 18.9 Å². The number of carbonyl (C=O) groups is 2. The molecule has 0 aliphatic carbocycles. The standard InChI is InChI=1S/C16H14O6/c1-9-6-13(21-15(9)17)19-11-4-3-5-12(8-11)20-14-7-10(2)16(18)22-14/h3-8,13-14H,1-2H3. The van der Waals surface area contributed by atoms with Gasteiger partial charge < -0.3 is 18.9 Å². The van der Waals surface area contributed by atoms with Crippen LogP contribution in [0.5, 0.6) is 11.5 Å². The third-order valence-electron chi connectivity index (χ3n) is 3.17. The van der Waals surface area contributed by atoms with Crippen molar-refractivity contribution < 1.29 is 28.5 Å². The van der Waals surface area contributed by atoms with Crippen LogP contribution in [0.15, 0.2) is 47.6 Å². The highest BCUT2D eigenvalue weighted by atomic mass is 16.7. The van der Waals surface area contributed by atoms with Gasteiger partial charge in [0.1, 0.15) is 11.5 Å². The van der Waals surface area contributed by atoms with Crippen molar-refractivity contribution in [2.75, 3.05) is 0 Å². The number of carbonyl (C=O) groups excluding carboxylic acids is 2. The summed E-state index contributed by atoms with van der Waals surface area (Å²) in [4.78, 5) is 22.6. The van der Waals surface area contributed by atoms with E-state index in [1.54, 1.807) is 50.3 Å². The van der Waals surface area contributed by atoms with Crippen LogP contribution >= 0.6 is 0 Å². The van der Waals surface area contributed by atoms with Crippen molar-refractivity contribution in [3.05, 3.63) is 47.6 Å². The number of ether oxygens (including phenoxy) is 4. The van der Waals surface area contributed by atoms with Crippen molar-refractivity contribution in [3.63, 3.8) is 0 Å². The molecule has 2 atom stereocenters. The molecule has 0 saturated carbocycles. The molecule has 114 valence electrons. The first-order valence-corrected chi connectivity index (χ1v) is 6.73. The zero-order valence-electron chi connectivity index (χ0n) is 12.1. The topological polar surface area (TPSA) is 71.1 Å². The molecule has 3 rings (SSSR count). The summed E-state index contributed by atoms with van der Waals surface area (Å²) < 4.78 is 21.1. The number of hydrogen-bond donors (Lipinski definition) is 0.